The third-order valence-corrected chi connectivity index (χ3v) is 8.26. The van der Waals surface area contributed by atoms with Gasteiger partial charge in [-0.05, 0) is 66.5 Å². The first-order chi connectivity index (χ1) is 13.4. The highest BCUT2D eigenvalue weighted by Gasteiger charge is 2.24. The molecule has 0 saturated carbocycles. The SMILES string of the molecule is COc1cc(SSSc2cc(OC)cc(C(C)(C)C)c2O)c(O)c(C(C)(C)C)c1. The number of aromatic hydroxyl groups is 2. The van der Waals surface area contributed by atoms with E-state index in [9.17, 15) is 10.2 Å². The predicted octanol–water partition coefficient (Wildman–Crippen LogP) is 7.16. The van der Waals surface area contributed by atoms with Crippen molar-refractivity contribution in [2.75, 3.05) is 14.2 Å². The molecule has 2 aromatic rings. The number of hydrogen-bond donors (Lipinski definition) is 2. The van der Waals surface area contributed by atoms with Gasteiger partial charge in [0.2, 0.25) is 0 Å². The zero-order valence-corrected chi connectivity index (χ0v) is 20.7. The fraction of sp³-hybridized carbons (Fsp3) is 0.455. The number of benzene rings is 2. The summed E-state index contributed by atoms with van der Waals surface area (Å²) in [6, 6.07) is 7.41. The van der Waals surface area contributed by atoms with Crippen molar-refractivity contribution >= 4 is 31.4 Å². The molecule has 29 heavy (non-hydrogen) atoms. The maximum atomic E-state index is 10.8. The van der Waals surface area contributed by atoms with Gasteiger partial charge in [0.25, 0.3) is 0 Å². The minimum Gasteiger partial charge on any atom is -0.506 e. The van der Waals surface area contributed by atoms with Gasteiger partial charge in [-0.1, -0.05) is 41.5 Å². The van der Waals surface area contributed by atoms with Crippen LogP contribution in [0, 0.1) is 0 Å². The Morgan fingerprint density at radius 3 is 1.28 bits per heavy atom. The summed E-state index contributed by atoms with van der Waals surface area (Å²) in [4.78, 5) is 1.45. The molecule has 0 aromatic heterocycles. The zero-order chi connectivity index (χ0) is 22.0. The normalized spacial score (nSPS) is 12.1. The molecule has 160 valence electrons. The van der Waals surface area contributed by atoms with E-state index in [1.54, 1.807) is 14.2 Å². The zero-order valence-electron chi connectivity index (χ0n) is 18.2. The van der Waals surface area contributed by atoms with Gasteiger partial charge in [-0.25, -0.2) is 0 Å². The molecule has 0 aliphatic heterocycles. The first kappa shape index (κ1) is 24.0. The van der Waals surface area contributed by atoms with Crippen molar-refractivity contribution in [2.24, 2.45) is 0 Å². The van der Waals surface area contributed by atoms with Gasteiger partial charge in [0, 0.05) is 11.1 Å². The Hall–Kier alpha value is -1.31. The molecular formula is C22H30O4S3. The molecule has 0 aliphatic rings. The molecule has 0 spiro atoms. The Morgan fingerprint density at radius 2 is 1.00 bits per heavy atom. The molecular weight excluding hydrogens is 424 g/mol. The van der Waals surface area contributed by atoms with Crippen LogP contribution in [0.4, 0.5) is 0 Å². The average molecular weight is 455 g/mol. The van der Waals surface area contributed by atoms with Crippen molar-refractivity contribution in [3.05, 3.63) is 35.4 Å². The number of phenols is 2. The van der Waals surface area contributed by atoms with Crippen molar-refractivity contribution < 1.29 is 19.7 Å². The van der Waals surface area contributed by atoms with E-state index >= 15 is 0 Å². The van der Waals surface area contributed by atoms with Crippen LogP contribution < -0.4 is 9.47 Å². The molecule has 2 N–H and O–H groups in total. The summed E-state index contributed by atoms with van der Waals surface area (Å²) in [6.45, 7) is 12.3. The molecule has 0 unspecified atom stereocenters. The summed E-state index contributed by atoms with van der Waals surface area (Å²) in [5.74, 6) is 1.95. The Bertz CT molecular complexity index is 796. The number of phenolic OH excluding ortho intramolecular Hbond substituents is 2. The van der Waals surface area contributed by atoms with Crippen molar-refractivity contribution in [3.63, 3.8) is 0 Å². The summed E-state index contributed by atoms with van der Waals surface area (Å²) in [5.41, 5.74) is 1.25. The molecule has 0 heterocycles. The average Bonchev–Trinajstić information content (AvgIpc) is 2.62. The maximum absolute atomic E-state index is 10.8. The van der Waals surface area contributed by atoms with Crippen LogP contribution in [0.15, 0.2) is 34.1 Å². The van der Waals surface area contributed by atoms with E-state index in [0.717, 1.165) is 20.9 Å². The van der Waals surface area contributed by atoms with E-state index in [1.807, 2.05) is 24.3 Å². The largest absolute Gasteiger partial charge is 0.506 e. The Morgan fingerprint density at radius 1 is 0.655 bits per heavy atom. The van der Waals surface area contributed by atoms with Crippen LogP contribution >= 0.6 is 31.4 Å². The minimum atomic E-state index is -0.210. The van der Waals surface area contributed by atoms with Gasteiger partial charge in [-0.15, -0.1) is 0 Å². The molecule has 0 fully saturated rings. The molecule has 0 amide bonds. The van der Waals surface area contributed by atoms with Gasteiger partial charge in [-0.2, -0.15) is 0 Å². The molecule has 0 aliphatic carbocycles. The second kappa shape index (κ2) is 9.23. The standard InChI is InChI=1S/C22H30O4S3/c1-21(2,3)15-9-13(25-7)11-17(19(15)23)27-29-28-18-12-14(26-8)10-16(20(18)24)22(4,5)6/h9-12,23-24H,1-8H3. The van der Waals surface area contributed by atoms with E-state index in [-0.39, 0.29) is 22.3 Å². The van der Waals surface area contributed by atoms with Crippen LogP contribution in [0.2, 0.25) is 0 Å². The number of methoxy groups -OCH3 is 2. The van der Waals surface area contributed by atoms with E-state index in [2.05, 4.69) is 41.5 Å². The Balaban J connectivity index is 2.29. The fourth-order valence-corrected chi connectivity index (χ4v) is 6.58. The topological polar surface area (TPSA) is 58.9 Å². The van der Waals surface area contributed by atoms with E-state index in [0.29, 0.717) is 11.5 Å². The third kappa shape index (κ3) is 5.86. The van der Waals surface area contributed by atoms with Crippen LogP contribution in [0.3, 0.4) is 0 Å². The summed E-state index contributed by atoms with van der Waals surface area (Å²) >= 11 is 0. The highest BCUT2D eigenvalue weighted by atomic mass is 33.5. The lowest BCUT2D eigenvalue weighted by Gasteiger charge is -2.23. The van der Waals surface area contributed by atoms with Gasteiger partial charge in [0.15, 0.2) is 0 Å². The first-order valence-corrected chi connectivity index (χ1v) is 12.7. The first-order valence-electron chi connectivity index (χ1n) is 9.22. The molecule has 0 radical (unpaired) electrons. The lowest BCUT2D eigenvalue weighted by Crippen LogP contribution is -2.12. The molecule has 0 saturated heterocycles. The molecule has 0 atom stereocenters. The van der Waals surface area contributed by atoms with Crippen molar-refractivity contribution in [3.8, 4) is 23.0 Å². The molecule has 2 aromatic carbocycles. The number of ether oxygens (including phenoxy) is 2. The van der Waals surface area contributed by atoms with Gasteiger partial charge in [0.05, 0.1) is 24.0 Å². The Kier molecular flexibility index (Phi) is 7.63. The fourth-order valence-electron chi connectivity index (χ4n) is 2.76. The van der Waals surface area contributed by atoms with Gasteiger partial charge >= 0.3 is 0 Å². The number of hydrogen-bond acceptors (Lipinski definition) is 7. The van der Waals surface area contributed by atoms with Crippen LogP contribution in [0.25, 0.3) is 0 Å². The van der Waals surface area contributed by atoms with Crippen molar-refractivity contribution in [1.29, 1.82) is 0 Å². The minimum absolute atomic E-state index is 0.210. The molecule has 4 nitrogen and oxygen atoms in total. The summed E-state index contributed by atoms with van der Waals surface area (Å²) in [7, 11) is 7.58. The van der Waals surface area contributed by atoms with Crippen LogP contribution in [-0.2, 0) is 10.8 Å². The van der Waals surface area contributed by atoms with Crippen molar-refractivity contribution in [1.82, 2.24) is 0 Å². The molecule has 2 rings (SSSR count). The van der Waals surface area contributed by atoms with Gasteiger partial charge < -0.3 is 19.7 Å². The highest BCUT2D eigenvalue weighted by molar-refractivity contribution is 9.09. The second-order valence-corrected chi connectivity index (χ2v) is 12.8. The third-order valence-electron chi connectivity index (χ3n) is 4.43. The van der Waals surface area contributed by atoms with Crippen LogP contribution in [-0.4, -0.2) is 24.4 Å². The highest BCUT2D eigenvalue weighted by Crippen LogP contribution is 2.53. The lowest BCUT2D eigenvalue weighted by molar-refractivity contribution is 0.400. The van der Waals surface area contributed by atoms with Gasteiger partial charge in [0.1, 0.15) is 23.0 Å². The monoisotopic (exact) mass is 454 g/mol. The van der Waals surface area contributed by atoms with Crippen LogP contribution in [0.5, 0.6) is 23.0 Å². The molecule has 0 bridgehead atoms. The van der Waals surface area contributed by atoms with Crippen LogP contribution in [0.1, 0.15) is 52.7 Å². The van der Waals surface area contributed by atoms with Crippen molar-refractivity contribution in [2.45, 2.75) is 62.2 Å². The van der Waals surface area contributed by atoms with E-state index in [4.69, 9.17) is 9.47 Å². The summed E-state index contributed by atoms with van der Waals surface area (Å²) in [5, 5.41) is 21.5. The molecule has 7 heteroatoms. The smallest absolute Gasteiger partial charge is 0.134 e. The van der Waals surface area contributed by atoms with E-state index in [1.165, 1.54) is 31.4 Å². The van der Waals surface area contributed by atoms with Gasteiger partial charge in [-0.3, -0.25) is 0 Å². The predicted molar refractivity (Wildman–Crippen MR) is 126 cm³/mol. The maximum Gasteiger partial charge on any atom is 0.134 e. The second-order valence-electron chi connectivity index (χ2n) is 8.78. The summed E-state index contributed by atoms with van der Waals surface area (Å²) < 4.78 is 10.8. The number of rotatable bonds is 6. The summed E-state index contributed by atoms with van der Waals surface area (Å²) in [6.07, 6.45) is 0. The Labute approximate surface area is 185 Å². The quantitative estimate of drug-likeness (QED) is 0.449. The van der Waals surface area contributed by atoms with E-state index < -0.39 is 0 Å². The lowest BCUT2D eigenvalue weighted by atomic mass is 9.86.